The van der Waals surface area contributed by atoms with E-state index < -0.39 is 0 Å². The third-order valence-corrected chi connectivity index (χ3v) is 6.65. The second-order valence-electron chi connectivity index (χ2n) is 10.7. The number of aromatic nitrogens is 2. The first kappa shape index (κ1) is 23.7. The number of anilines is 1. The minimum absolute atomic E-state index is 0.0513. The molecule has 1 aromatic carbocycles. The lowest BCUT2D eigenvalue weighted by Gasteiger charge is -2.36. The van der Waals surface area contributed by atoms with Gasteiger partial charge in [0.1, 0.15) is 11.6 Å². The van der Waals surface area contributed by atoms with E-state index in [1.165, 1.54) is 12.1 Å². The lowest BCUT2D eigenvalue weighted by Crippen LogP contribution is -2.47. The van der Waals surface area contributed by atoms with Crippen LogP contribution >= 0.6 is 0 Å². The smallest absolute Gasteiger partial charge is 0.223 e. The zero-order valence-electron chi connectivity index (χ0n) is 20.8. The molecule has 1 saturated heterocycles. The highest BCUT2D eigenvalue weighted by Gasteiger charge is 2.36. The third-order valence-electron chi connectivity index (χ3n) is 6.65. The molecule has 0 atom stereocenters. The van der Waals surface area contributed by atoms with E-state index in [4.69, 9.17) is 5.10 Å². The predicted molar refractivity (Wildman–Crippen MR) is 130 cm³/mol. The Bertz CT molecular complexity index is 983. The molecule has 1 aromatic heterocycles. The molecule has 0 radical (unpaired) electrons. The molecule has 2 fully saturated rings. The summed E-state index contributed by atoms with van der Waals surface area (Å²) in [7, 11) is 0. The van der Waals surface area contributed by atoms with E-state index in [1.807, 2.05) is 17.7 Å². The maximum absolute atomic E-state index is 14.1. The lowest BCUT2D eigenvalue weighted by atomic mass is 9.91. The van der Waals surface area contributed by atoms with Crippen LogP contribution in [0.25, 0.3) is 5.69 Å². The number of carbonyl (C=O) groups excluding carboxylic acids is 1. The quantitative estimate of drug-likeness (QED) is 0.621. The monoisotopic (exact) mass is 455 g/mol. The Hall–Kier alpha value is -2.41. The number of benzene rings is 1. The zero-order valence-corrected chi connectivity index (χ0v) is 20.8. The minimum Gasteiger partial charge on any atom is -0.354 e. The van der Waals surface area contributed by atoms with Crippen LogP contribution in [0, 0.1) is 18.2 Å². The van der Waals surface area contributed by atoms with Gasteiger partial charge >= 0.3 is 0 Å². The van der Waals surface area contributed by atoms with E-state index in [0.29, 0.717) is 19.0 Å². The van der Waals surface area contributed by atoms with Gasteiger partial charge in [-0.25, -0.2) is 9.07 Å². The highest BCUT2D eigenvalue weighted by molar-refractivity contribution is 5.78. The second kappa shape index (κ2) is 9.45. The molecule has 7 heteroatoms. The largest absolute Gasteiger partial charge is 0.354 e. The summed E-state index contributed by atoms with van der Waals surface area (Å²) in [6.07, 6.45) is 2.67. The van der Waals surface area contributed by atoms with E-state index in [-0.39, 0.29) is 17.1 Å². The van der Waals surface area contributed by atoms with E-state index in [2.05, 4.69) is 42.4 Å². The predicted octanol–water partition coefficient (Wildman–Crippen LogP) is 4.39. The summed E-state index contributed by atoms with van der Waals surface area (Å²) in [5.41, 5.74) is 2.65. The SMILES string of the molecule is CCN1CCN(c2c(CN(C(=O)CC(C)(C)C)C3CC3)c(C)nn2-c2cccc(F)c2)CC1. The maximum atomic E-state index is 14.1. The van der Waals surface area contributed by atoms with Gasteiger partial charge in [0.2, 0.25) is 5.91 Å². The van der Waals surface area contributed by atoms with Crippen molar-refractivity contribution in [1.29, 1.82) is 0 Å². The molecule has 0 bridgehead atoms. The van der Waals surface area contributed by atoms with Gasteiger partial charge < -0.3 is 14.7 Å². The topological polar surface area (TPSA) is 44.6 Å². The Morgan fingerprint density at radius 1 is 1.18 bits per heavy atom. The highest BCUT2D eigenvalue weighted by Crippen LogP contribution is 2.35. The minimum atomic E-state index is -0.274. The molecule has 2 aliphatic rings. The first-order valence-electron chi connectivity index (χ1n) is 12.3. The standard InChI is InChI=1S/C26H38FN5O/c1-6-29-12-14-30(15-13-29)25-23(18-31(21-10-11-21)24(33)17-26(3,4)5)19(2)28-32(25)22-9-7-8-20(27)16-22/h7-9,16,21H,6,10-15,17-18H2,1-5H3. The van der Waals surface area contributed by atoms with Crippen LogP contribution in [-0.4, -0.2) is 64.3 Å². The van der Waals surface area contributed by atoms with Gasteiger partial charge in [0.05, 0.1) is 17.9 Å². The van der Waals surface area contributed by atoms with Crippen molar-refractivity contribution >= 4 is 11.7 Å². The summed E-state index contributed by atoms with van der Waals surface area (Å²) in [5, 5.41) is 4.86. The fraction of sp³-hybridized carbons (Fsp3) is 0.615. The Labute approximate surface area is 197 Å². The number of nitrogens with zero attached hydrogens (tertiary/aromatic N) is 5. The number of hydrogen-bond acceptors (Lipinski definition) is 4. The van der Waals surface area contributed by atoms with E-state index in [1.54, 1.807) is 6.07 Å². The van der Waals surface area contributed by atoms with Gasteiger partial charge in [0, 0.05) is 44.2 Å². The second-order valence-corrected chi connectivity index (χ2v) is 10.7. The van der Waals surface area contributed by atoms with Gasteiger partial charge in [0.25, 0.3) is 0 Å². The molecule has 2 aromatic rings. The van der Waals surface area contributed by atoms with Crippen LogP contribution in [0.4, 0.5) is 10.2 Å². The van der Waals surface area contributed by atoms with Crippen LogP contribution in [0.2, 0.25) is 0 Å². The first-order chi connectivity index (χ1) is 15.7. The van der Waals surface area contributed by atoms with E-state index in [0.717, 1.165) is 68.3 Å². The van der Waals surface area contributed by atoms with Crippen LogP contribution in [0.1, 0.15) is 58.2 Å². The number of rotatable bonds is 7. The number of likely N-dealkylation sites (N-methyl/N-ethyl adjacent to an activating group) is 1. The highest BCUT2D eigenvalue weighted by atomic mass is 19.1. The third kappa shape index (κ3) is 5.57. The molecule has 1 saturated carbocycles. The molecule has 0 unspecified atom stereocenters. The molecular weight excluding hydrogens is 417 g/mol. The van der Waals surface area contributed by atoms with Crippen molar-refractivity contribution in [1.82, 2.24) is 19.6 Å². The summed E-state index contributed by atoms with van der Waals surface area (Å²) in [5.74, 6) is 0.941. The average molecular weight is 456 g/mol. The van der Waals surface area contributed by atoms with Crippen LogP contribution in [0.3, 0.4) is 0 Å². The van der Waals surface area contributed by atoms with Crippen molar-refractivity contribution in [2.75, 3.05) is 37.6 Å². The average Bonchev–Trinajstić information content (AvgIpc) is 3.54. The summed E-state index contributed by atoms with van der Waals surface area (Å²) in [6, 6.07) is 6.94. The van der Waals surface area contributed by atoms with Crippen molar-refractivity contribution in [3.63, 3.8) is 0 Å². The Morgan fingerprint density at radius 3 is 2.45 bits per heavy atom. The van der Waals surface area contributed by atoms with Crippen molar-refractivity contribution < 1.29 is 9.18 Å². The van der Waals surface area contributed by atoms with Crippen LogP contribution in [0.15, 0.2) is 24.3 Å². The fourth-order valence-corrected chi connectivity index (χ4v) is 4.65. The summed E-state index contributed by atoms with van der Waals surface area (Å²) < 4.78 is 16.0. The molecule has 1 aliphatic carbocycles. The van der Waals surface area contributed by atoms with E-state index in [9.17, 15) is 9.18 Å². The Morgan fingerprint density at radius 2 is 1.88 bits per heavy atom. The molecule has 1 amide bonds. The van der Waals surface area contributed by atoms with Crippen molar-refractivity contribution in [3.05, 3.63) is 41.3 Å². The number of piperazine rings is 1. The first-order valence-corrected chi connectivity index (χ1v) is 12.3. The number of carbonyl (C=O) groups is 1. The molecule has 1 aliphatic heterocycles. The normalized spacial score (nSPS) is 17.5. The van der Waals surface area contributed by atoms with Gasteiger partial charge in [-0.2, -0.15) is 5.10 Å². The molecule has 2 heterocycles. The number of aryl methyl sites for hydroxylation is 1. The van der Waals surface area contributed by atoms with Crippen LogP contribution < -0.4 is 4.90 Å². The van der Waals surface area contributed by atoms with Crippen molar-refractivity contribution in [2.24, 2.45) is 5.41 Å². The van der Waals surface area contributed by atoms with Gasteiger partial charge in [-0.05, 0) is 49.9 Å². The number of amides is 1. The van der Waals surface area contributed by atoms with Gasteiger partial charge in [-0.1, -0.05) is 33.8 Å². The molecule has 0 N–H and O–H groups in total. The molecule has 0 spiro atoms. The molecular formula is C26H38FN5O. The van der Waals surface area contributed by atoms with Crippen LogP contribution in [-0.2, 0) is 11.3 Å². The number of halogens is 1. The molecule has 6 nitrogen and oxygen atoms in total. The molecule has 4 rings (SSSR count). The summed E-state index contributed by atoms with van der Waals surface area (Å²) >= 11 is 0. The Balaban J connectivity index is 1.71. The van der Waals surface area contributed by atoms with Crippen molar-refractivity contribution in [3.8, 4) is 5.69 Å². The van der Waals surface area contributed by atoms with E-state index >= 15 is 0 Å². The van der Waals surface area contributed by atoms with Gasteiger partial charge in [0.15, 0.2) is 0 Å². The summed E-state index contributed by atoms with van der Waals surface area (Å²) in [6.45, 7) is 15.9. The Kier molecular flexibility index (Phi) is 6.80. The van der Waals surface area contributed by atoms with Crippen molar-refractivity contribution in [2.45, 2.75) is 66.5 Å². The summed E-state index contributed by atoms with van der Waals surface area (Å²) in [4.78, 5) is 20.1. The lowest BCUT2D eigenvalue weighted by molar-refractivity contribution is -0.134. The van der Waals surface area contributed by atoms with Crippen LogP contribution in [0.5, 0.6) is 0 Å². The number of hydrogen-bond donors (Lipinski definition) is 0. The van der Waals surface area contributed by atoms with Gasteiger partial charge in [-0.3, -0.25) is 4.79 Å². The molecule has 180 valence electrons. The molecule has 33 heavy (non-hydrogen) atoms. The van der Waals surface area contributed by atoms with Gasteiger partial charge in [-0.15, -0.1) is 0 Å². The zero-order chi connectivity index (χ0) is 23.8. The maximum Gasteiger partial charge on any atom is 0.223 e. The fourth-order valence-electron chi connectivity index (χ4n) is 4.65.